The van der Waals surface area contributed by atoms with E-state index in [1.165, 1.54) is 11.3 Å². The van der Waals surface area contributed by atoms with Crippen molar-refractivity contribution < 1.29 is 12.9 Å². The van der Waals surface area contributed by atoms with Gasteiger partial charge in [0.25, 0.3) is 10.0 Å². The molecule has 3 aromatic heterocycles. The molecule has 0 saturated carbocycles. The second-order valence-electron chi connectivity index (χ2n) is 5.91. The molecule has 0 aliphatic heterocycles. The third kappa shape index (κ3) is 3.94. The van der Waals surface area contributed by atoms with Crippen LogP contribution in [0.5, 0.6) is 0 Å². The fraction of sp³-hybridized carbons (Fsp3) is 0.312. The van der Waals surface area contributed by atoms with Crippen LogP contribution in [0.4, 0.5) is 0 Å². The highest BCUT2D eigenvalue weighted by Gasteiger charge is 2.29. The zero-order valence-corrected chi connectivity index (χ0v) is 15.6. The average Bonchev–Trinajstić information content (AvgIpc) is 3.23. The molecule has 1 unspecified atom stereocenters. The molecule has 132 valence electrons. The molecule has 0 aliphatic carbocycles. The van der Waals surface area contributed by atoms with Crippen molar-refractivity contribution in [3.63, 3.8) is 0 Å². The van der Waals surface area contributed by atoms with Gasteiger partial charge in [0.15, 0.2) is 0 Å². The third-order valence-corrected chi connectivity index (χ3v) is 6.49. The minimum Gasteiger partial charge on any atom is -0.337 e. The molecule has 7 nitrogen and oxygen atoms in total. The van der Waals surface area contributed by atoms with Crippen molar-refractivity contribution in [2.24, 2.45) is 5.92 Å². The second kappa shape index (κ2) is 7.03. The fourth-order valence-corrected chi connectivity index (χ4v) is 4.86. The van der Waals surface area contributed by atoms with Gasteiger partial charge in [0.1, 0.15) is 10.3 Å². The number of hydrogen-bond donors (Lipinski definition) is 1. The van der Waals surface area contributed by atoms with Gasteiger partial charge < -0.3 is 4.52 Å². The van der Waals surface area contributed by atoms with Crippen LogP contribution in [0.3, 0.4) is 0 Å². The lowest BCUT2D eigenvalue weighted by Crippen LogP contribution is -2.31. The van der Waals surface area contributed by atoms with Crippen LogP contribution in [-0.4, -0.2) is 23.5 Å². The fourth-order valence-electron chi connectivity index (χ4n) is 2.23. The summed E-state index contributed by atoms with van der Waals surface area (Å²) in [6.07, 6.45) is 3.27. The van der Waals surface area contributed by atoms with Crippen LogP contribution in [0.2, 0.25) is 0 Å². The maximum Gasteiger partial charge on any atom is 0.250 e. The number of thiophene rings is 1. The Kier molecular flexibility index (Phi) is 4.98. The van der Waals surface area contributed by atoms with E-state index < -0.39 is 16.1 Å². The van der Waals surface area contributed by atoms with Crippen LogP contribution >= 0.6 is 11.3 Å². The first kappa shape index (κ1) is 17.7. The van der Waals surface area contributed by atoms with E-state index in [0.717, 1.165) is 4.88 Å². The minimum atomic E-state index is -3.66. The Bertz CT molecular complexity index is 949. The Hall–Kier alpha value is -2.10. The van der Waals surface area contributed by atoms with Crippen molar-refractivity contribution in [3.8, 4) is 11.4 Å². The molecular formula is C16H18N4O3S2. The minimum absolute atomic E-state index is 0.0713. The van der Waals surface area contributed by atoms with E-state index in [-0.39, 0.29) is 16.0 Å². The van der Waals surface area contributed by atoms with E-state index >= 15 is 0 Å². The van der Waals surface area contributed by atoms with Crippen molar-refractivity contribution >= 4 is 21.4 Å². The van der Waals surface area contributed by atoms with Crippen LogP contribution in [0.25, 0.3) is 11.4 Å². The number of rotatable bonds is 6. The quantitative estimate of drug-likeness (QED) is 0.707. The molecule has 0 aliphatic rings. The maximum atomic E-state index is 12.6. The number of sulfonamides is 1. The van der Waals surface area contributed by atoms with Gasteiger partial charge in [-0.15, -0.1) is 11.3 Å². The van der Waals surface area contributed by atoms with Crippen LogP contribution in [0, 0.1) is 12.8 Å². The summed E-state index contributed by atoms with van der Waals surface area (Å²) in [5.41, 5.74) is 0.705. The first-order valence-corrected chi connectivity index (χ1v) is 9.99. The summed E-state index contributed by atoms with van der Waals surface area (Å²) >= 11 is 1.22. The van der Waals surface area contributed by atoms with Gasteiger partial charge in [0.05, 0.1) is 0 Å². The van der Waals surface area contributed by atoms with Gasteiger partial charge in [0.2, 0.25) is 11.7 Å². The molecule has 0 amide bonds. The molecule has 0 aromatic carbocycles. The number of pyridine rings is 1. The average molecular weight is 378 g/mol. The lowest BCUT2D eigenvalue weighted by molar-refractivity contribution is 0.311. The summed E-state index contributed by atoms with van der Waals surface area (Å²) in [5.74, 6) is 0.531. The Morgan fingerprint density at radius 2 is 2.04 bits per heavy atom. The predicted octanol–water partition coefficient (Wildman–Crippen LogP) is 3.18. The van der Waals surface area contributed by atoms with Gasteiger partial charge in [-0.05, 0) is 37.1 Å². The van der Waals surface area contributed by atoms with Gasteiger partial charge in [-0.1, -0.05) is 19.0 Å². The van der Waals surface area contributed by atoms with Crippen LogP contribution in [-0.2, 0) is 10.0 Å². The lowest BCUT2D eigenvalue weighted by Gasteiger charge is -2.17. The number of aromatic nitrogens is 3. The molecule has 1 N–H and O–H groups in total. The Labute approximate surface area is 150 Å². The predicted molar refractivity (Wildman–Crippen MR) is 94.5 cm³/mol. The van der Waals surface area contributed by atoms with Gasteiger partial charge in [-0.2, -0.15) is 9.71 Å². The topological polar surface area (TPSA) is 98.0 Å². The van der Waals surface area contributed by atoms with Crippen LogP contribution in [0.1, 0.15) is 30.7 Å². The highest BCUT2D eigenvalue weighted by atomic mass is 32.2. The van der Waals surface area contributed by atoms with Crippen molar-refractivity contribution in [3.05, 3.63) is 47.4 Å². The molecule has 9 heteroatoms. The highest BCUT2D eigenvalue weighted by Crippen LogP contribution is 2.27. The van der Waals surface area contributed by atoms with Crippen molar-refractivity contribution in [2.75, 3.05) is 0 Å². The van der Waals surface area contributed by atoms with E-state index in [1.54, 1.807) is 30.6 Å². The van der Waals surface area contributed by atoms with Gasteiger partial charge in [0, 0.05) is 22.8 Å². The Morgan fingerprint density at radius 3 is 2.64 bits per heavy atom. The molecule has 3 aromatic rings. The number of aryl methyl sites for hydroxylation is 1. The summed E-state index contributed by atoms with van der Waals surface area (Å²) in [6, 6.07) is 6.33. The second-order valence-corrected chi connectivity index (χ2v) is 9.13. The summed E-state index contributed by atoms with van der Waals surface area (Å²) in [6.45, 7) is 5.64. The van der Waals surface area contributed by atoms with Gasteiger partial charge in [-0.3, -0.25) is 4.98 Å². The number of hydrogen-bond acceptors (Lipinski definition) is 7. The molecule has 1 atom stereocenters. The van der Waals surface area contributed by atoms with E-state index in [4.69, 9.17) is 4.52 Å². The summed E-state index contributed by atoms with van der Waals surface area (Å²) < 4.78 is 33.5. The van der Waals surface area contributed by atoms with Gasteiger partial charge >= 0.3 is 0 Å². The monoisotopic (exact) mass is 378 g/mol. The Morgan fingerprint density at radius 1 is 1.24 bits per heavy atom. The summed E-state index contributed by atoms with van der Waals surface area (Å²) in [7, 11) is -3.66. The molecule has 0 fully saturated rings. The SMILES string of the molecule is Cc1ccc(S(=O)(=O)NC(c2nc(-c3cccnc3)no2)C(C)C)s1. The first-order chi connectivity index (χ1) is 11.9. The molecule has 0 saturated heterocycles. The van der Waals surface area contributed by atoms with E-state index in [1.807, 2.05) is 26.8 Å². The molecule has 0 bridgehead atoms. The molecule has 0 spiro atoms. The molecule has 3 rings (SSSR count). The van der Waals surface area contributed by atoms with Gasteiger partial charge in [-0.25, -0.2) is 8.42 Å². The van der Waals surface area contributed by atoms with Crippen molar-refractivity contribution in [1.82, 2.24) is 19.8 Å². The molecule has 3 heterocycles. The standard InChI is InChI=1S/C16H18N4O3S2/c1-10(2)14(20-25(21,22)13-7-6-11(3)24-13)16-18-15(19-23-16)12-5-4-8-17-9-12/h4-10,14,20H,1-3H3. The Balaban J connectivity index is 1.88. The normalized spacial score (nSPS) is 13.3. The number of nitrogens with zero attached hydrogens (tertiary/aromatic N) is 3. The number of nitrogens with one attached hydrogen (secondary N) is 1. The molecule has 25 heavy (non-hydrogen) atoms. The van der Waals surface area contributed by atoms with E-state index in [9.17, 15) is 8.42 Å². The zero-order valence-electron chi connectivity index (χ0n) is 14.0. The highest BCUT2D eigenvalue weighted by molar-refractivity contribution is 7.91. The van der Waals surface area contributed by atoms with Crippen LogP contribution in [0.15, 0.2) is 45.4 Å². The van der Waals surface area contributed by atoms with E-state index in [2.05, 4.69) is 19.8 Å². The summed E-state index contributed by atoms with van der Waals surface area (Å²) in [4.78, 5) is 9.29. The molecule has 0 radical (unpaired) electrons. The van der Waals surface area contributed by atoms with Crippen molar-refractivity contribution in [1.29, 1.82) is 0 Å². The largest absolute Gasteiger partial charge is 0.337 e. The third-order valence-electron chi connectivity index (χ3n) is 3.56. The van der Waals surface area contributed by atoms with Crippen LogP contribution < -0.4 is 4.72 Å². The first-order valence-electron chi connectivity index (χ1n) is 7.69. The maximum absolute atomic E-state index is 12.6. The lowest BCUT2D eigenvalue weighted by atomic mass is 10.1. The summed E-state index contributed by atoms with van der Waals surface area (Å²) in [5, 5.41) is 3.94. The smallest absolute Gasteiger partial charge is 0.250 e. The zero-order chi connectivity index (χ0) is 18.0. The van der Waals surface area contributed by atoms with Crippen molar-refractivity contribution in [2.45, 2.75) is 31.0 Å². The van der Waals surface area contributed by atoms with E-state index in [0.29, 0.717) is 11.4 Å². The molecular weight excluding hydrogens is 360 g/mol.